The van der Waals surface area contributed by atoms with Gasteiger partial charge in [0.15, 0.2) is 0 Å². The van der Waals surface area contributed by atoms with Crippen molar-refractivity contribution in [2.75, 3.05) is 0 Å². The topological polar surface area (TPSA) is 55.1 Å². The highest BCUT2D eigenvalue weighted by Crippen LogP contribution is 2.10. The van der Waals surface area contributed by atoms with E-state index in [1.54, 1.807) is 0 Å². The van der Waals surface area contributed by atoms with Crippen molar-refractivity contribution in [3.05, 3.63) is 70.3 Å². The summed E-state index contributed by atoms with van der Waals surface area (Å²) < 4.78 is 0. The van der Waals surface area contributed by atoms with Gasteiger partial charge in [0.2, 0.25) is 0 Å². The first-order valence-electron chi connectivity index (χ1n) is 6.71. The lowest BCUT2D eigenvalue weighted by molar-refractivity contribution is 0.0951. The van der Waals surface area contributed by atoms with E-state index in [4.69, 9.17) is 18.0 Å². The number of nitrogens with two attached hydrogens (primary N) is 1. The number of hydrogen-bond acceptors (Lipinski definition) is 2. The molecule has 0 unspecified atom stereocenters. The van der Waals surface area contributed by atoms with Gasteiger partial charge in [0.25, 0.3) is 5.91 Å². The SMILES string of the molecule is Cc1ccc(C(=O)NCc2ccc(C(N)=S)cc2)cc1C. The van der Waals surface area contributed by atoms with Gasteiger partial charge in [-0.25, -0.2) is 0 Å². The third-order valence-corrected chi connectivity index (χ3v) is 3.70. The van der Waals surface area contributed by atoms with Crippen molar-refractivity contribution in [2.24, 2.45) is 5.73 Å². The molecule has 0 aliphatic carbocycles. The summed E-state index contributed by atoms with van der Waals surface area (Å²) in [5, 5.41) is 2.91. The summed E-state index contributed by atoms with van der Waals surface area (Å²) in [7, 11) is 0. The Kier molecular flexibility index (Phi) is 4.70. The highest BCUT2D eigenvalue weighted by atomic mass is 32.1. The molecule has 0 saturated heterocycles. The van der Waals surface area contributed by atoms with E-state index < -0.39 is 0 Å². The first-order valence-corrected chi connectivity index (χ1v) is 7.12. The minimum atomic E-state index is -0.0727. The van der Waals surface area contributed by atoms with Crippen LogP contribution in [0.5, 0.6) is 0 Å². The molecule has 0 atom stereocenters. The number of nitrogens with one attached hydrogen (secondary N) is 1. The van der Waals surface area contributed by atoms with Crippen LogP contribution in [0.15, 0.2) is 42.5 Å². The van der Waals surface area contributed by atoms with Crippen LogP contribution in [0.4, 0.5) is 0 Å². The zero-order valence-electron chi connectivity index (χ0n) is 12.1. The summed E-state index contributed by atoms with van der Waals surface area (Å²) in [4.78, 5) is 12.5. The van der Waals surface area contributed by atoms with Gasteiger partial charge >= 0.3 is 0 Å². The minimum Gasteiger partial charge on any atom is -0.389 e. The van der Waals surface area contributed by atoms with Crippen LogP contribution in [0, 0.1) is 13.8 Å². The quantitative estimate of drug-likeness (QED) is 0.853. The molecule has 0 saturated carbocycles. The Morgan fingerprint density at radius 3 is 2.24 bits per heavy atom. The predicted molar refractivity (Wildman–Crippen MR) is 89.4 cm³/mol. The van der Waals surface area contributed by atoms with E-state index in [0.29, 0.717) is 17.1 Å². The van der Waals surface area contributed by atoms with Gasteiger partial charge in [-0.3, -0.25) is 4.79 Å². The summed E-state index contributed by atoms with van der Waals surface area (Å²) in [6.45, 7) is 4.50. The van der Waals surface area contributed by atoms with E-state index in [0.717, 1.165) is 16.7 Å². The maximum atomic E-state index is 12.1. The fourth-order valence-corrected chi connectivity index (χ4v) is 2.09. The van der Waals surface area contributed by atoms with Crippen LogP contribution >= 0.6 is 12.2 Å². The molecule has 0 aliphatic rings. The van der Waals surface area contributed by atoms with Crippen molar-refractivity contribution >= 4 is 23.1 Å². The van der Waals surface area contributed by atoms with Gasteiger partial charge in [0.05, 0.1) is 0 Å². The van der Waals surface area contributed by atoms with Crippen LogP contribution in [0.1, 0.15) is 32.6 Å². The number of amides is 1. The molecular weight excluding hydrogens is 280 g/mol. The van der Waals surface area contributed by atoms with E-state index >= 15 is 0 Å². The largest absolute Gasteiger partial charge is 0.389 e. The second kappa shape index (κ2) is 6.50. The van der Waals surface area contributed by atoms with Crippen molar-refractivity contribution in [2.45, 2.75) is 20.4 Å². The standard InChI is InChI=1S/C17H18N2OS/c1-11-3-6-15(9-12(11)2)17(20)19-10-13-4-7-14(8-5-13)16(18)21/h3-9H,10H2,1-2H3,(H2,18,21)(H,19,20). The molecule has 0 spiro atoms. The van der Waals surface area contributed by atoms with Crippen LogP contribution in [0.25, 0.3) is 0 Å². The lowest BCUT2D eigenvalue weighted by Gasteiger charge is -2.08. The molecule has 3 nitrogen and oxygen atoms in total. The van der Waals surface area contributed by atoms with E-state index in [1.165, 1.54) is 5.56 Å². The van der Waals surface area contributed by atoms with Crippen LogP contribution in [0.3, 0.4) is 0 Å². The fourth-order valence-electron chi connectivity index (χ4n) is 1.95. The normalized spacial score (nSPS) is 10.2. The highest BCUT2D eigenvalue weighted by molar-refractivity contribution is 7.80. The van der Waals surface area contributed by atoms with Crippen molar-refractivity contribution in [3.8, 4) is 0 Å². The molecular formula is C17H18N2OS. The highest BCUT2D eigenvalue weighted by Gasteiger charge is 2.06. The summed E-state index contributed by atoms with van der Waals surface area (Å²) in [6, 6.07) is 13.2. The van der Waals surface area contributed by atoms with Gasteiger partial charge in [0, 0.05) is 17.7 Å². The average Bonchev–Trinajstić information content (AvgIpc) is 2.48. The zero-order valence-corrected chi connectivity index (χ0v) is 13.0. The second-order valence-corrected chi connectivity index (χ2v) is 5.48. The molecule has 1 amide bonds. The maximum Gasteiger partial charge on any atom is 0.251 e. The summed E-state index contributed by atoms with van der Waals surface area (Å²) in [5.41, 5.74) is 10.4. The molecule has 2 aromatic rings. The van der Waals surface area contributed by atoms with Crippen molar-refractivity contribution in [1.29, 1.82) is 0 Å². The molecule has 0 heterocycles. The zero-order chi connectivity index (χ0) is 15.4. The third kappa shape index (κ3) is 3.89. The molecule has 0 aromatic heterocycles. The van der Waals surface area contributed by atoms with Crippen molar-refractivity contribution in [3.63, 3.8) is 0 Å². The minimum absolute atomic E-state index is 0.0727. The Balaban J connectivity index is 2.00. The molecule has 3 N–H and O–H groups in total. The number of benzene rings is 2. The number of carbonyl (C=O) groups is 1. The Bertz CT molecular complexity index is 678. The molecule has 2 aromatic carbocycles. The molecule has 0 bridgehead atoms. The number of carbonyl (C=O) groups excluding carboxylic acids is 1. The Labute approximate surface area is 130 Å². The lowest BCUT2D eigenvalue weighted by atomic mass is 10.1. The Morgan fingerprint density at radius 2 is 1.67 bits per heavy atom. The van der Waals surface area contributed by atoms with E-state index in [-0.39, 0.29) is 5.91 Å². The van der Waals surface area contributed by atoms with E-state index in [9.17, 15) is 4.79 Å². The van der Waals surface area contributed by atoms with Crippen LogP contribution < -0.4 is 11.1 Å². The van der Waals surface area contributed by atoms with E-state index in [2.05, 4.69) is 5.32 Å². The fraction of sp³-hybridized carbons (Fsp3) is 0.176. The van der Waals surface area contributed by atoms with Crippen LogP contribution in [-0.2, 0) is 6.54 Å². The predicted octanol–water partition coefficient (Wildman–Crippen LogP) is 2.87. The Hall–Kier alpha value is -2.20. The first-order chi connectivity index (χ1) is 9.97. The van der Waals surface area contributed by atoms with Gasteiger partial charge in [0.1, 0.15) is 4.99 Å². The lowest BCUT2D eigenvalue weighted by Crippen LogP contribution is -2.23. The van der Waals surface area contributed by atoms with Gasteiger partial charge in [-0.15, -0.1) is 0 Å². The van der Waals surface area contributed by atoms with Crippen LogP contribution in [0.2, 0.25) is 0 Å². The number of hydrogen-bond donors (Lipinski definition) is 2. The van der Waals surface area contributed by atoms with Gasteiger partial charge in [-0.05, 0) is 42.7 Å². The smallest absolute Gasteiger partial charge is 0.251 e. The Morgan fingerprint density at radius 1 is 1.05 bits per heavy atom. The molecule has 108 valence electrons. The summed E-state index contributed by atoms with van der Waals surface area (Å²) in [6.07, 6.45) is 0. The first kappa shape index (κ1) is 15.2. The third-order valence-electron chi connectivity index (χ3n) is 3.46. The second-order valence-electron chi connectivity index (χ2n) is 5.04. The van der Waals surface area contributed by atoms with Crippen molar-refractivity contribution in [1.82, 2.24) is 5.32 Å². The van der Waals surface area contributed by atoms with Gasteiger partial charge in [-0.1, -0.05) is 42.5 Å². The molecule has 0 fully saturated rings. The number of thiocarbonyl (C=S) groups is 1. The van der Waals surface area contributed by atoms with Gasteiger partial charge in [-0.2, -0.15) is 0 Å². The van der Waals surface area contributed by atoms with Gasteiger partial charge < -0.3 is 11.1 Å². The van der Waals surface area contributed by atoms with Crippen LogP contribution in [-0.4, -0.2) is 10.9 Å². The average molecular weight is 298 g/mol. The van der Waals surface area contributed by atoms with Crippen molar-refractivity contribution < 1.29 is 4.79 Å². The molecule has 4 heteroatoms. The monoisotopic (exact) mass is 298 g/mol. The number of rotatable bonds is 4. The summed E-state index contributed by atoms with van der Waals surface area (Å²) >= 11 is 4.91. The maximum absolute atomic E-state index is 12.1. The summed E-state index contributed by atoms with van der Waals surface area (Å²) in [5.74, 6) is -0.0727. The van der Waals surface area contributed by atoms with E-state index in [1.807, 2.05) is 56.3 Å². The molecule has 2 rings (SSSR count). The molecule has 0 aliphatic heterocycles. The molecule has 0 radical (unpaired) electrons. The molecule has 21 heavy (non-hydrogen) atoms. The number of aryl methyl sites for hydroxylation is 2.